The molecule has 1 aromatic rings. The van der Waals surface area contributed by atoms with Gasteiger partial charge in [0.2, 0.25) is 0 Å². The normalized spacial score (nSPS) is 18.3. The van der Waals surface area contributed by atoms with Gasteiger partial charge in [-0.15, -0.1) is 0 Å². The molecule has 0 aliphatic heterocycles. The first kappa shape index (κ1) is 15.2. The molecule has 1 unspecified atom stereocenters. The minimum Gasteiger partial charge on any atom is -0.481 e. The third kappa shape index (κ3) is 2.01. The van der Waals surface area contributed by atoms with Gasteiger partial charge in [-0.25, -0.2) is 4.79 Å². The Morgan fingerprint density at radius 2 is 1.55 bits per heavy atom. The monoisotopic (exact) mass is 306 g/mol. The van der Waals surface area contributed by atoms with Gasteiger partial charge in [0, 0.05) is 0 Å². The number of hydrogen-bond donors (Lipinski definition) is 4. The Kier molecular flexibility index (Phi) is 3.46. The molecule has 0 spiro atoms. The van der Waals surface area contributed by atoms with Crippen molar-refractivity contribution in [1.29, 1.82) is 0 Å². The van der Waals surface area contributed by atoms with E-state index in [2.05, 4.69) is 0 Å². The molecule has 0 heterocycles. The predicted molar refractivity (Wildman–Crippen MR) is 70.5 cm³/mol. The van der Waals surface area contributed by atoms with Crippen LogP contribution in [0, 0.1) is 5.41 Å². The molecule has 22 heavy (non-hydrogen) atoms. The zero-order chi connectivity index (χ0) is 16.7. The van der Waals surface area contributed by atoms with Gasteiger partial charge in [0.1, 0.15) is 5.92 Å². The van der Waals surface area contributed by atoms with Crippen LogP contribution in [-0.2, 0) is 14.4 Å². The van der Waals surface area contributed by atoms with Crippen LogP contribution in [0.5, 0.6) is 0 Å². The van der Waals surface area contributed by atoms with Crippen molar-refractivity contribution in [2.45, 2.75) is 5.92 Å². The number of carboxylic acids is 4. The average Bonchev–Trinajstić information content (AvgIpc) is 2.44. The van der Waals surface area contributed by atoms with Crippen molar-refractivity contribution in [3.05, 3.63) is 41.0 Å². The first-order valence-electron chi connectivity index (χ1n) is 5.98. The fourth-order valence-electron chi connectivity index (χ4n) is 2.49. The minimum atomic E-state index is -2.65. The highest BCUT2D eigenvalue weighted by molar-refractivity contribution is 6.08. The Morgan fingerprint density at radius 3 is 2.00 bits per heavy atom. The van der Waals surface area contributed by atoms with E-state index >= 15 is 0 Å². The molecule has 8 nitrogen and oxygen atoms in total. The fraction of sp³-hybridized carbons (Fsp3) is 0.143. The van der Waals surface area contributed by atoms with Crippen LogP contribution in [0.25, 0.3) is 6.08 Å². The van der Waals surface area contributed by atoms with Crippen molar-refractivity contribution < 1.29 is 39.6 Å². The maximum atomic E-state index is 11.5. The summed E-state index contributed by atoms with van der Waals surface area (Å²) in [4.78, 5) is 45.3. The maximum absolute atomic E-state index is 11.5. The standard InChI is InChI=1S/C14H10O8/c15-10(16)7-1-2-8-6(5-7)3-4-14(12(19)20,13(21)22)9(8)11(17)18/h1-5,9H,(H,15,16)(H,17,18)(H,19,20)(H,21,22). The summed E-state index contributed by atoms with van der Waals surface area (Å²) in [6.45, 7) is 0. The van der Waals surface area contributed by atoms with E-state index < -0.39 is 35.2 Å². The summed E-state index contributed by atoms with van der Waals surface area (Å²) in [6, 6.07) is 3.39. The Labute approximate surface area is 122 Å². The Balaban J connectivity index is 2.74. The zero-order valence-corrected chi connectivity index (χ0v) is 10.9. The molecule has 8 heteroatoms. The second-order valence-corrected chi connectivity index (χ2v) is 4.73. The molecule has 0 aromatic heterocycles. The predicted octanol–water partition coefficient (Wildman–Crippen LogP) is 0.735. The third-order valence-corrected chi connectivity index (χ3v) is 3.58. The highest BCUT2D eigenvalue weighted by Gasteiger charge is 2.57. The van der Waals surface area contributed by atoms with Crippen LogP contribution >= 0.6 is 0 Å². The summed E-state index contributed by atoms with van der Waals surface area (Å²) in [7, 11) is 0. The molecular weight excluding hydrogens is 296 g/mol. The van der Waals surface area contributed by atoms with Crippen molar-refractivity contribution in [2.75, 3.05) is 0 Å². The Morgan fingerprint density at radius 1 is 0.955 bits per heavy atom. The van der Waals surface area contributed by atoms with Crippen LogP contribution in [0.2, 0.25) is 0 Å². The number of hydrogen-bond acceptors (Lipinski definition) is 4. The number of carboxylic acid groups (broad SMARTS) is 4. The first-order valence-corrected chi connectivity index (χ1v) is 5.98. The minimum absolute atomic E-state index is 0.0650. The second-order valence-electron chi connectivity index (χ2n) is 4.73. The van der Waals surface area contributed by atoms with Crippen LogP contribution in [0.1, 0.15) is 27.4 Å². The molecule has 1 aromatic carbocycles. The van der Waals surface area contributed by atoms with Crippen molar-refractivity contribution in [1.82, 2.24) is 0 Å². The largest absolute Gasteiger partial charge is 0.481 e. The van der Waals surface area contributed by atoms with Gasteiger partial charge in [-0.05, 0) is 23.3 Å². The summed E-state index contributed by atoms with van der Waals surface area (Å²) in [5, 5.41) is 36.7. The number of carbonyl (C=O) groups is 4. The maximum Gasteiger partial charge on any atom is 0.335 e. The molecule has 4 N–H and O–H groups in total. The second kappa shape index (κ2) is 4.99. The molecular formula is C14H10O8. The summed E-state index contributed by atoms with van der Waals surface area (Å²) in [6.07, 6.45) is 1.88. The first-order chi connectivity index (χ1) is 10.2. The van der Waals surface area contributed by atoms with Crippen molar-refractivity contribution in [3.8, 4) is 0 Å². The van der Waals surface area contributed by atoms with Crippen LogP contribution in [0.4, 0.5) is 0 Å². The highest BCUT2D eigenvalue weighted by Crippen LogP contribution is 2.44. The molecule has 1 atom stereocenters. The molecule has 114 valence electrons. The number of rotatable bonds is 4. The number of aromatic carboxylic acids is 1. The van der Waals surface area contributed by atoms with E-state index in [1.165, 1.54) is 0 Å². The molecule has 0 bridgehead atoms. The summed E-state index contributed by atoms with van der Waals surface area (Å²) in [5.74, 6) is -8.35. The molecule has 0 fully saturated rings. The average molecular weight is 306 g/mol. The van der Waals surface area contributed by atoms with Gasteiger partial charge in [0.25, 0.3) is 0 Å². The lowest BCUT2D eigenvalue weighted by molar-refractivity contribution is -0.167. The quantitative estimate of drug-likeness (QED) is 0.595. The number of benzene rings is 1. The lowest BCUT2D eigenvalue weighted by Gasteiger charge is -2.32. The van der Waals surface area contributed by atoms with Crippen LogP contribution in [0.15, 0.2) is 24.3 Å². The van der Waals surface area contributed by atoms with Gasteiger partial charge in [-0.3, -0.25) is 14.4 Å². The SMILES string of the molecule is O=C(O)c1ccc2c(c1)C=CC(C(=O)O)(C(=O)O)C2C(=O)O. The molecule has 0 radical (unpaired) electrons. The molecule has 2 rings (SSSR count). The molecule has 0 saturated heterocycles. The van der Waals surface area contributed by atoms with E-state index in [0.717, 1.165) is 30.4 Å². The summed E-state index contributed by atoms with van der Waals surface area (Å²) in [5.41, 5.74) is -2.68. The van der Waals surface area contributed by atoms with Gasteiger partial charge in [0.05, 0.1) is 5.56 Å². The number of aliphatic carboxylic acids is 3. The highest BCUT2D eigenvalue weighted by atomic mass is 16.4. The van der Waals surface area contributed by atoms with Crippen LogP contribution < -0.4 is 0 Å². The van der Waals surface area contributed by atoms with Crippen LogP contribution in [0.3, 0.4) is 0 Å². The summed E-state index contributed by atoms with van der Waals surface area (Å²) < 4.78 is 0. The molecule has 1 aliphatic rings. The summed E-state index contributed by atoms with van der Waals surface area (Å²) >= 11 is 0. The third-order valence-electron chi connectivity index (χ3n) is 3.58. The lowest BCUT2D eigenvalue weighted by Crippen LogP contribution is -2.47. The lowest BCUT2D eigenvalue weighted by atomic mass is 9.67. The van der Waals surface area contributed by atoms with E-state index in [4.69, 9.17) is 5.11 Å². The zero-order valence-electron chi connectivity index (χ0n) is 10.9. The Hall–Kier alpha value is -3.16. The van der Waals surface area contributed by atoms with Crippen molar-refractivity contribution in [3.63, 3.8) is 0 Å². The molecule has 0 saturated carbocycles. The van der Waals surface area contributed by atoms with Gasteiger partial charge >= 0.3 is 23.9 Å². The topological polar surface area (TPSA) is 149 Å². The number of fused-ring (bicyclic) bond motifs is 1. The molecule has 1 aliphatic carbocycles. The van der Waals surface area contributed by atoms with Gasteiger partial charge in [0.15, 0.2) is 5.41 Å². The van der Waals surface area contributed by atoms with Gasteiger partial charge in [-0.2, -0.15) is 0 Å². The van der Waals surface area contributed by atoms with E-state index in [9.17, 15) is 34.5 Å². The van der Waals surface area contributed by atoms with Crippen molar-refractivity contribution in [2.24, 2.45) is 5.41 Å². The van der Waals surface area contributed by atoms with Crippen molar-refractivity contribution >= 4 is 30.0 Å². The van der Waals surface area contributed by atoms with Crippen LogP contribution in [-0.4, -0.2) is 44.3 Å². The smallest absolute Gasteiger partial charge is 0.335 e. The van der Waals surface area contributed by atoms with E-state index in [-0.39, 0.29) is 16.7 Å². The van der Waals surface area contributed by atoms with Gasteiger partial charge < -0.3 is 20.4 Å². The van der Waals surface area contributed by atoms with E-state index in [1.807, 2.05) is 0 Å². The fourth-order valence-corrected chi connectivity index (χ4v) is 2.49. The van der Waals surface area contributed by atoms with Gasteiger partial charge in [-0.1, -0.05) is 18.2 Å². The van der Waals surface area contributed by atoms with E-state index in [0.29, 0.717) is 0 Å². The van der Waals surface area contributed by atoms with E-state index in [1.54, 1.807) is 0 Å². The Bertz CT molecular complexity index is 716. The molecule has 0 amide bonds.